The van der Waals surface area contributed by atoms with Crippen molar-refractivity contribution in [3.63, 3.8) is 0 Å². The molecule has 3 N–H and O–H groups in total. The summed E-state index contributed by atoms with van der Waals surface area (Å²) in [5.41, 5.74) is 0.0770. The molecule has 0 atom stereocenters. The molecular weight excluding hydrogens is 507 g/mol. The van der Waals surface area contributed by atoms with E-state index in [-0.39, 0.29) is 18.5 Å². The molecule has 1 aliphatic rings. The number of H-pyrrole nitrogens is 1. The number of aromatic nitrogens is 3. The van der Waals surface area contributed by atoms with Crippen LogP contribution in [0.1, 0.15) is 29.8 Å². The number of carbonyl (C=O) groups excluding carboxylic acids is 2. The van der Waals surface area contributed by atoms with Gasteiger partial charge in [0.15, 0.2) is 0 Å². The van der Waals surface area contributed by atoms with Crippen LogP contribution in [-0.2, 0) is 15.8 Å². The van der Waals surface area contributed by atoms with Crippen molar-refractivity contribution in [3.05, 3.63) is 82.8 Å². The van der Waals surface area contributed by atoms with Crippen LogP contribution in [0.4, 0.5) is 24.5 Å². The van der Waals surface area contributed by atoms with Crippen molar-refractivity contribution < 1.29 is 22.8 Å². The first-order chi connectivity index (χ1) is 17.7. The Morgan fingerprint density at radius 2 is 1.68 bits per heavy atom. The predicted octanol–water partition coefficient (Wildman–Crippen LogP) is 6.16. The first-order valence-corrected chi connectivity index (χ1v) is 11.6. The lowest BCUT2D eigenvalue weighted by Gasteiger charge is -2.17. The van der Waals surface area contributed by atoms with Crippen LogP contribution in [0.5, 0.6) is 0 Å². The lowest BCUT2D eigenvalue weighted by molar-refractivity contribution is -0.137. The van der Waals surface area contributed by atoms with E-state index in [9.17, 15) is 22.8 Å². The molecule has 188 valence electrons. The number of rotatable bonds is 6. The average Bonchev–Trinajstić information content (AvgIpc) is 3.59. The van der Waals surface area contributed by atoms with E-state index in [0.717, 1.165) is 23.2 Å². The standard InChI is InChI=1S/C26H19ClF3N5O2/c27-20-8-5-16(13-19(20)26(28,29)30)32-23(36)25(10-11-25)24(37)33-17-4-7-18-21(34-35-22(18)14-17)9-6-15-3-1-2-12-31-15/h1-9,12-14H,10-11H2,(H,32,36)(H,33,37)(H,34,35)/b9-6+. The minimum absolute atomic E-state index is 0.0917. The molecule has 11 heteroatoms. The third-order valence-electron chi connectivity index (χ3n) is 6.10. The molecule has 1 fully saturated rings. The number of anilines is 2. The highest BCUT2D eigenvalue weighted by Crippen LogP contribution is 2.48. The molecule has 1 aliphatic carbocycles. The topological polar surface area (TPSA) is 99.8 Å². The molecule has 0 bridgehead atoms. The van der Waals surface area contributed by atoms with Gasteiger partial charge in [0.1, 0.15) is 5.41 Å². The molecule has 7 nitrogen and oxygen atoms in total. The van der Waals surface area contributed by atoms with Crippen LogP contribution in [0.2, 0.25) is 5.02 Å². The smallest absolute Gasteiger partial charge is 0.325 e. The second-order valence-corrected chi connectivity index (χ2v) is 9.05. The molecule has 4 aromatic rings. The Bertz CT molecular complexity index is 1530. The largest absolute Gasteiger partial charge is 0.417 e. The van der Waals surface area contributed by atoms with Gasteiger partial charge in [-0.2, -0.15) is 18.3 Å². The summed E-state index contributed by atoms with van der Waals surface area (Å²) in [6, 6.07) is 13.8. The highest BCUT2D eigenvalue weighted by molar-refractivity contribution is 6.31. The zero-order valence-corrected chi connectivity index (χ0v) is 19.8. The molecule has 5 rings (SSSR count). The van der Waals surface area contributed by atoms with Gasteiger partial charge in [-0.25, -0.2) is 0 Å². The Balaban J connectivity index is 1.29. The molecule has 37 heavy (non-hydrogen) atoms. The van der Waals surface area contributed by atoms with E-state index in [2.05, 4.69) is 25.8 Å². The van der Waals surface area contributed by atoms with Crippen molar-refractivity contribution in [2.24, 2.45) is 5.41 Å². The maximum absolute atomic E-state index is 13.1. The number of alkyl halides is 3. The van der Waals surface area contributed by atoms with E-state index in [1.54, 1.807) is 24.4 Å². The van der Waals surface area contributed by atoms with Gasteiger partial charge >= 0.3 is 6.18 Å². The van der Waals surface area contributed by atoms with Gasteiger partial charge < -0.3 is 10.6 Å². The number of halogens is 4. The van der Waals surface area contributed by atoms with E-state index in [0.29, 0.717) is 16.9 Å². The predicted molar refractivity (Wildman–Crippen MR) is 135 cm³/mol. The van der Waals surface area contributed by atoms with Gasteiger partial charge in [-0.1, -0.05) is 17.7 Å². The third-order valence-corrected chi connectivity index (χ3v) is 6.43. The van der Waals surface area contributed by atoms with Crippen molar-refractivity contribution in [1.29, 1.82) is 0 Å². The number of amides is 2. The quantitative estimate of drug-likeness (QED) is 0.263. The van der Waals surface area contributed by atoms with Gasteiger partial charge in [0.05, 0.1) is 27.5 Å². The molecule has 0 saturated heterocycles. The van der Waals surface area contributed by atoms with Gasteiger partial charge in [-0.05, 0) is 73.5 Å². The molecule has 0 unspecified atom stereocenters. The molecule has 0 radical (unpaired) electrons. The second kappa shape index (κ2) is 9.36. The van der Waals surface area contributed by atoms with Gasteiger partial charge in [0, 0.05) is 23.0 Å². The van der Waals surface area contributed by atoms with E-state index in [1.165, 1.54) is 6.07 Å². The number of fused-ring (bicyclic) bond motifs is 1. The number of hydrogen-bond acceptors (Lipinski definition) is 4. The van der Waals surface area contributed by atoms with Crippen LogP contribution in [0.3, 0.4) is 0 Å². The number of carbonyl (C=O) groups is 2. The summed E-state index contributed by atoms with van der Waals surface area (Å²) in [4.78, 5) is 30.1. The highest BCUT2D eigenvalue weighted by atomic mass is 35.5. The number of pyridine rings is 1. The Morgan fingerprint density at radius 3 is 2.32 bits per heavy atom. The SMILES string of the molecule is O=C(Nc1ccc(Cl)c(C(F)(F)F)c1)C1(C(=O)Nc2ccc3c(/C=C/c4ccccn4)n[nH]c3c2)CC1. The molecule has 2 heterocycles. The Labute approximate surface area is 213 Å². The monoisotopic (exact) mass is 525 g/mol. The lowest BCUT2D eigenvalue weighted by Crippen LogP contribution is -2.35. The summed E-state index contributed by atoms with van der Waals surface area (Å²) in [6.45, 7) is 0. The summed E-state index contributed by atoms with van der Waals surface area (Å²) in [6.07, 6.45) is 1.23. The van der Waals surface area contributed by atoms with Crippen molar-refractivity contribution in [1.82, 2.24) is 15.2 Å². The van der Waals surface area contributed by atoms with Crippen molar-refractivity contribution in [2.75, 3.05) is 10.6 Å². The van der Waals surface area contributed by atoms with Crippen LogP contribution in [0, 0.1) is 5.41 Å². The summed E-state index contributed by atoms with van der Waals surface area (Å²) < 4.78 is 39.4. The summed E-state index contributed by atoms with van der Waals surface area (Å²) in [7, 11) is 0. The number of hydrogen-bond donors (Lipinski definition) is 3. The van der Waals surface area contributed by atoms with E-state index < -0.39 is 34.0 Å². The summed E-state index contributed by atoms with van der Waals surface area (Å²) >= 11 is 5.64. The number of aromatic amines is 1. The van der Waals surface area contributed by atoms with E-state index in [4.69, 9.17) is 11.6 Å². The molecule has 2 amide bonds. The number of benzene rings is 2. The fourth-order valence-electron chi connectivity index (χ4n) is 3.89. The first-order valence-electron chi connectivity index (χ1n) is 11.2. The zero-order valence-electron chi connectivity index (χ0n) is 19.1. The Hall–Kier alpha value is -4.18. The highest BCUT2D eigenvalue weighted by Gasteiger charge is 2.56. The minimum atomic E-state index is -4.67. The first kappa shape index (κ1) is 24.5. The molecule has 2 aromatic heterocycles. The molecular formula is C26H19ClF3N5O2. The molecule has 2 aromatic carbocycles. The average molecular weight is 526 g/mol. The summed E-state index contributed by atoms with van der Waals surface area (Å²) in [5, 5.41) is 12.7. The third kappa shape index (κ3) is 5.05. The fraction of sp³-hybridized carbons (Fsp3) is 0.154. The normalized spacial score (nSPS) is 14.6. The lowest BCUT2D eigenvalue weighted by atomic mass is 10.0. The zero-order chi connectivity index (χ0) is 26.2. The summed E-state index contributed by atoms with van der Waals surface area (Å²) in [5.74, 6) is -1.21. The van der Waals surface area contributed by atoms with Crippen molar-refractivity contribution in [2.45, 2.75) is 19.0 Å². The van der Waals surface area contributed by atoms with E-state index >= 15 is 0 Å². The van der Waals surface area contributed by atoms with E-state index in [1.807, 2.05) is 30.4 Å². The maximum atomic E-state index is 13.1. The van der Waals surface area contributed by atoms with Gasteiger partial charge in [0.2, 0.25) is 11.8 Å². The maximum Gasteiger partial charge on any atom is 0.417 e. The Morgan fingerprint density at radius 1 is 0.973 bits per heavy atom. The van der Waals surface area contributed by atoms with Gasteiger partial charge in [-0.15, -0.1) is 0 Å². The molecule has 1 saturated carbocycles. The molecule has 0 aliphatic heterocycles. The van der Waals surface area contributed by atoms with Crippen LogP contribution >= 0.6 is 11.6 Å². The minimum Gasteiger partial charge on any atom is -0.325 e. The van der Waals surface area contributed by atoms with Gasteiger partial charge in [-0.3, -0.25) is 19.7 Å². The van der Waals surface area contributed by atoms with Crippen LogP contribution < -0.4 is 10.6 Å². The second-order valence-electron chi connectivity index (χ2n) is 8.64. The van der Waals surface area contributed by atoms with Crippen molar-refractivity contribution in [3.8, 4) is 0 Å². The van der Waals surface area contributed by atoms with Gasteiger partial charge in [0.25, 0.3) is 0 Å². The number of nitrogens with zero attached hydrogens (tertiary/aromatic N) is 2. The molecule has 0 spiro atoms. The van der Waals surface area contributed by atoms with Crippen LogP contribution in [0.15, 0.2) is 60.8 Å². The van der Waals surface area contributed by atoms with Crippen LogP contribution in [0.25, 0.3) is 23.1 Å². The number of nitrogens with one attached hydrogen (secondary N) is 3. The fourth-order valence-corrected chi connectivity index (χ4v) is 4.11. The van der Waals surface area contributed by atoms with Crippen molar-refractivity contribution >= 4 is 57.8 Å². The Kier molecular flexibility index (Phi) is 6.20. The van der Waals surface area contributed by atoms with Crippen LogP contribution in [-0.4, -0.2) is 27.0 Å².